The molecule has 1 aliphatic heterocycles. The SMILES string of the molecule is COC(=O)[C@H]1C(=O)NC[C@H]1c1cccnc1. The highest BCUT2D eigenvalue weighted by molar-refractivity contribution is 6.00. The maximum Gasteiger partial charge on any atom is 0.318 e. The normalized spacial score (nSPS) is 23.9. The summed E-state index contributed by atoms with van der Waals surface area (Å²) >= 11 is 0. The molecule has 2 rings (SSSR count). The van der Waals surface area contributed by atoms with Crippen LogP contribution in [0.25, 0.3) is 0 Å². The van der Waals surface area contributed by atoms with Crippen LogP contribution in [0.2, 0.25) is 0 Å². The molecule has 2 heterocycles. The van der Waals surface area contributed by atoms with Crippen LogP contribution in [0, 0.1) is 5.92 Å². The number of methoxy groups -OCH3 is 1. The maximum absolute atomic E-state index is 11.5. The summed E-state index contributed by atoms with van der Waals surface area (Å²) in [5.41, 5.74) is 0.872. The fourth-order valence-corrected chi connectivity index (χ4v) is 1.92. The minimum absolute atomic E-state index is 0.186. The third kappa shape index (κ3) is 1.76. The molecule has 1 aromatic heterocycles. The van der Waals surface area contributed by atoms with Crippen LogP contribution in [0.1, 0.15) is 11.5 Å². The molecule has 84 valence electrons. The first-order valence-electron chi connectivity index (χ1n) is 4.99. The zero-order chi connectivity index (χ0) is 11.5. The van der Waals surface area contributed by atoms with Crippen LogP contribution in [0.3, 0.4) is 0 Å². The lowest BCUT2D eigenvalue weighted by molar-refractivity contribution is -0.149. The Morgan fingerprint density at radius 1 is 1.62 bits per heavy atom. The van der Waals surface area contributed by atoms with Crippen LogP contribution >= 0.6 is 0 Å². The fraction of sp³-hybridized carbons (Fsp3) is 0.364. The first-order chi connectivity index (χ1) is 7.74. The number of hydrogen-bond donors (Lipinski definition) is 1. The summed E-state index contributed by atoms with van der Waals surface area (Å²) in [5.74, 6) is -1.72. The van der Waals surface area contributed by atoms with Crippen LogP contribution in [-0.4, -0.2) is 30.5 Å². The fourth-order valence-electron chi connectivity index (χ4n) is 1.92. The van der Waals surface area contributed by atoms with E-state index in [4.69, 9.17) is 0 Å². The molecule has 5 nitrogen and oxygen atoms in total. The number of nitrogens with zero attached hydrogens (tertiary/aromatic N) is 1. The van der Waals surface area contributed by atoms with Crippen molar-refractivity contribution < 1.29 is 14.3 Å². The standard InChI is InChI=1S/C11H12N2O3/c1-16-11(15)9-8(6-13-10(9)14)7-3-2-4-12-5-7/h2-5,8-9H,6H2,1H3,(H,13,14)/t8-,9+/m0/s1. The Balaban J connectivity index is 2.28. The number of amides is 1. The minimum atomic E-state index is -0.755. The number of carbonyl (C=O) groups excluding carboxylic acids is 2. The van der Waals surface area contributed by atoms with Crippen molar-refractivity contribution in [2.45, 2.75) is 5.92 Å². The maximum atomic E-state index is 11.5. The molecular weight excluding hydrogens is 208 g/mol. The lowest BCUT2D eigenvalue weighted by Crippen LogP contribution is -2.28. The Hall–Kier alpha value is -1.91. The Bertz CT molecular complexity index is 405. The number of hydrogen-bond acceptors (Lipinski definition) is 4. The quantitative estimate of drug-likeness (QED) is 0.566. The van der Waals surface area contributed by atoms with Gasteiger partial charge in [0.2, 0.25) is 5.91 Å². The smallest absolute Gasteiger partial charge is 0.318 e. The third-order valence-electron chi connectivity index (χ3n) is 2.75. The van der Waals surface area contributed by atoms with E-state index in [2.05, 4.69) is 15.0 Å². The summed E-state index contributed by atoms with van der Waals surface area (Å²) in [7, 11) is 1.29. The second kappa shape index (κ2) is 4.30. The van der Waals surface area contributed by atoms with Crippen molar-refractivity contribution >= 4 is 11.9 Å². The molecule has 0 unspecified atom stereocenters. The van der Waals surface area contributed by atoms with Crippen molar-refractivity contribution in [2.75, 3.05) is 13.7 Å². The van der Waals surface area contributed by atoms with Gasteiger partial charge in [-0.15, -0.1) is 0 Å². The van der Waals surface area contributed by atoms with Crippen molar-refractivity contribution in [1.29, 1.82) is 0 Å². The molecule has 1 aromatic rings. The van der Waals surface area contributed by atoms with Crippen LogP contribution in [0.15, 0.2) is 24.5 Å². The Kier molecular flexibility index (Phi) is 2.85. The zero-order valence-electron chi connectivity index (χ0n) is 8.84. The van der Waals surface area contributed by atoms with Gasteiger partial charge in [0.15, 0.2) is 0 Å². The van der Waals surface area contributed by atoms with Crippen molar-refractivity contribution in [1.82, 2.24) is 10.3 Å². The molecule has 1 saturated heterocycles. The van der Waals surface area contributed by atoms with Gasteiger partial charge in [0.05, 0.1) is 7.11 Å². The molecule has 0 saturated carbocycles. The van der Waals surface area contributed by atoms with Crippen molar-refractivity contribution in [3.8, 4) is 0 Å². The molecule has 0 bridgehead atoms. The highest BCUT2D eigenvalue weighted by Crippen LogP contribution is 2.29. The molecule has 16 heavy (non-hydrogen) atoms. The van der Waals surface area contributed by atoms with Crippen molar-refractivity contribution in [3.63, 3.8) is 0 Å². The lowest BCUT2D eigenvalue weighted by Gasteiger charge is -2.14. The summed E-state index contributed by atoms with van der Waals surface area (Å²) in [6.07, 6.45) is 3.32. The summed E-state index contributed by atoms with van der Waals surface area (Å²) in [4.78, 5) is 27.0. The molecule has 1 N–H and O–H groups in total. The highest BCUT2D eigenvalue weighted by Gasteiger charge is 2.41. The van der Waals surface area contributed by atoms with Crippen LogP contribution < -0.4 is 5.32 Å². The predicted octanol–water partition coefficient (Wildman–Crippen LogP) is 0.0842. The van der Waals surface area contributed by atoms with E-state index in [1.807, 2.05) is 6.07 Å². The van der Waals surface area contributed by atoms with Crippen LogP contribution in [-0.2, 0) is 14.3 Å². The van der Waals surface area contributed by atoms with Crippen molar-refractivity contribution in [3.05, 3.63) is 30.1 Å². The average Bonchev–Trinajstić information content (AvgIpc) is 2.71. The second-order valence-electron chi connectivity index (χ2n) is 3.64. The number of rotatable bonds is 2. The topological polar surface area (TPSA) is 68.3 Å². The summed E-state index contributed by atoms with van der Waals surface area (Å²) in [5, 5.41) is 2.67. The van der Waals surface area contributed by atoms with Crippen LogP contribution in [0.4, 0.5) is 0 Å². The Labute approximate surface area is 92.8 Å². The first kappa shape index (κ1) is 10.6. The van der Waals surface area contributed by atoms with Gasteiger partial charge in [0, 0.05) is 24.9 Å². The van der Waals surface area contributed by atoms with E-state index in [1.54, 1.807) is 18.5 Å². The van der Waals surface area contributed by atoms with Gasteiger partial charge in [-0.2, -0.15) is 0 Å². The largest absolute Gasteiger partial charge is 0.468 e. The first-order valence-corrected chi connectivity index (χ1v) is 4.99. The van der Waals surface area contributed by atoms with Gasteiger partial charge in [-0.1, -0.05) is 6.07 Å². The van der Waals surface area contributed by atoms with Gasteiger partial charge in [-0.3, -0.25) is 14.6 Å². The molecule has 0 aliphatic carbocycles. The molecule has 0 spiro atoms. The highest BCUT2D eigenvalue weighted by atomic mass is 16.5. The minimum Gasteiger partial charge on any atom is -0.468 e. The van der Waals surface area contributed by atoms with Gasteiger partial charge in [0.1, 0.15) is 5.92 Å². The number of carbonyl (C=O) groups is 2. The van der Waals surface area contributed by atoms with Gasteiger partial charge >= 0.3 is 5.97 Å². The van der Waals surface area contributed by atoms with E-state index in [9.17, 15) is 9.59 Å². The third-order valence-corrected chi connectivity index (χ3v) is 2.75. The zero-order valence-corrected chi connectivity index (χ0v) is 8.84. The molecule has 5 heteroatoms. The molecule has 1 fully saturated rings. The molecule has 0 aromatic carbocycles. The molecule has 1 aliphatic rings. The Morgan fingerprint density at radius 3 is 3.06 bits per heavy atom. The summed E-state index contributed by atoms with van der Waals surface area (Å²) in [6, 6.07) is 3.64. The van der Waals surface area contributed by atoms with Crippen molar-refractivity contribution in [2.24, 2.45) is 5.92 Å². The van der Waals surface area contributed by atoms with Gasteiger partial charge in [0.25, 0.3) is 0 Å². The molecular formula is C11H12N2O3. The van der Waals surface area contributed by atoms with E-state index >= 15 is 0 Å². The number of esters is 1. The predicted molar refractivity (Wildman–Crippen MR) is 55.5 cm³/mol. The van der Waals surface area contributed by atoms with E-state index in [1.165, 1.54) is 7.11 Å². The van der Waals surface area contributed by atoms with Gasteiger partial charge < -0.3 is 10.1 Å². The van der Waals surface area contributed by atoms with E-state index < -0.39 is 11.9 Å². The molecule has 2 atom stereocenters. The van der Waals surface area contributed by atoms with E-state index in [-0.39, 0.29) is 11.8 Å². The molecule has 0 radical (unpaired) electrons. The number of ether oxygens (including phenoxy) is 1. The van der Waals surface area contributed by atoms with Crippen LogP contribution in [0.5, 0.6) is 0 Å². The average molecular weight is 220 g/mol. The second-order valence-corrected chi connectivity index (χ2v) is 3.64. The Morgan fingerprint density at radius 2 is 2.44 bits per heavy atom. The number of nitrogens with one attached hydrogen (secondary N) is 1. The summed E-state index contributed by atoms with van der Waals surface area (Å²) < 4.78 is 4.64. The summed E-state index contributed by atoms with van der Waals surface area (Å²) in [6.45, 7) is 0.449. The number of aromatic nitrogens is 1. The van der Waals surface area contributed by atoms with Gasteiger partial charge in [-0.05, 0) is 11.6 Å². The number of pyridine rings is 1. The monoisotopic (exact) mass is 220 g/mol. The van der Waals surface area contributed by atoms with Gasteiger partial charge in [-0.25, -0.2) is 0 Å². The van der Waals surface area contributed by atoms with E-state index in [0.29, 0.717) is 6.54 Å². The lowest BCUT2D eigenvalue weighted by atomic mass is 9.89. The molecule has 1 amide bonds. The van der Waals surface area contributed by atoms with E-state index in [0.717, 1.165) is 5.56 Å².